The molecule has 28 heteroatoms. The minimum absolute atomic E-state index is 0.0477. The number of nitrogens with two attached hydrogens (primary N) is 2. The van der Waals surface area contributed by atoms with Gasteiger partial charge >= 0.3 is 36.4 Å². The smallest absolute Gasteiger partial charge is 0.460 e. The van der Waals surface area contributed by atoms with Crippen molar-refractivity contribution in [1.82, 2.24) is 39.0 Å². The van der Waals surface area contributed by atoms with Crippen LogP contribution in [0.25, 0.3) is 22.3 Å². The second-order valence-electron chi connectivity index (χ2n) is 20.8. The van der Waals surface area contributed by atoms with Gasteiger partial charge in [0.15, 0.2) is 45.2 Å². The van der Waals surface area contributed by atoms with E-state index in [0.29, 0.717) is 64.2 Å². The number of nitro groups is 1. The van der Waals surface area contributed by atoms with Crippen molar-refractivity contribution in [3.8, 4) is 30.4 Å². The average molecular weight is 1150 g/mol. The van der Waals surface area contributed by atoms with E-state index in [2.05, 4.69) is 41.7 Å². The molecule has 444 valence electrons. The Bertz CT molecular complexity index is 3110. The van der Waals surface area contributed by atoms with E-state index in [1.165, 1.54) is 46.1 Å². The first-order chi connectivity index (χ1) is 38.6. The molecule has 0 unspecified atom stereocenters. The fraction of sp³-hybridized carbons (Fsp3) is 0.556. The Hall–Kier alpha value is -8.34. The number of terminal acetylenes is 2. The van der Waals surface area contributed by atoms with E-state index >= 15 is 0 Å². The van der Waals surface area contributed by atoms with Gasteiger partial charge in [-0.2, -0.15) is 28.7 Å². The Kier molecular flexibility index (Phi) is 22.3. The number of halogens is 2. The lowest BCUT2D eigenvalue weighted by molar-refractivity contribution is -0.384. The quantitative estimate of drug-likeness (QED) is 0.0102. The number of unbranched alkanes of at least 4 members (excludes halogenated alkanes) is 4. The highest BCUT2D eigenvalue weighted by molar-refractivity contribution is 5.82. The third-order valence-corrected chi connectivity index (χ3v) is 12.4. The molecule has 6 atom stereocenters. The second-order valence-corrected chi connectivity index (χ2v) is 20.8. The number of aliphatic hydroxyl groups excluding tert-OH is 1. The topological polar surface area (TPSA) is 345 Å². The number of anilines is 2. The van der Waals surface area contributed by atoms with Crippen molar-refractivity contribution >= 4 is 63.9 Å². The molecule has 0 radical (unpaired) electrons. The van der Waals surface area contributed by atoms with Crippen LogP contribution in [0, 0.1) is 47.0 Å². The third-order valence-electron chi connectivity index (χ3n) is 12.4. The molecule has 4 aromatic heterocycles. The maximum atomic E-state index is 13.8. The number of hydrogen-bond acceptors (Lipinski definition) is 23. The van der Waals surface area contributed by atoms with E-state index in [1.807, 2.05) is 48.5 Å². The molecule has 26 nitrogen and oxygen atoms in total. The van der Waals surface area contributed by atoms with E-state index in [1.54, 1.807) is 6.92 Å². The molecule has 7 rings (SSSR count). The van der Waals surface area contributed by atoms with Crippen LogP contribution in [0.2, 0.25) is 0 Å². The summed E-state index contributed by atoms with van der Waals surface area (Å²) in [5.74, 6) is 4.61. The number of nitro benzene ring substituents is 1. The summed E-state index contributed by atoms with van der Waals surface area (Å²) in [6.07, 6.45) is 13.1. The molecule has 0 bridgehead atoms. The Morgan fingerprint density at radius 2 is 1.18 bits per heavy atom. The van der Waals surface area contributed by atoms with Crippen LogP contribution in [-0.2, 0) is 42.7 Å². The standard InChI is InChI=1S/C24H32FN5O6.C17H23NO7.C13H14FN5O2/c1-6-24(7-2)15(34-22(32)33-12-10-8-9-11-17(31)36-23(3,4)5)13-16(35-24)30-14-27-18-19(26)28-21(25)29-20(18)30;1-17(2,3)25-15(19)7-5-4-6-12-23-16(20)24-14-10-8-13(9-11-14)18(21)22;1-3-13(4-2)7(20)5-8(21-13)19-6-16-9-10(15)17-12(14)18-11(9)19/h1,14-16H,7-13H2,2-5H3,(H2,26,28,29);8-11H,4-7,12H2,1-3H3;1,6-8,20H,4-5H2,2H3,(H2,15,17,18)/t15-,16+,24+;;7-,8+,13+/m0.0/s1. The number of imidazole rings is 2. The molecule has 5 aromatic rings. The number of nitrogen functional groups attached to an aromatic ring is 2. The zero-order valence-electron chi connectivity index (χ0n) is 46.9. The highest BCUT2D eigenvalue weighted by atomic mass is 19.1. The van der Waals surface area contributed by atoms with Crippen molar-refractivity contribution in [3.63, 3.8) is 0 Å². The molecule has 0 saturated carbocycles. The average Bonchev–Trinajstić information content (AvgIpc) is 4.22. The van der Waals surface area contributed by atoms with E-state index in [-0.39, 0.29) is 83.4 Å². The molecule has 0 spiro atoms. The Morgan fingerprint density at radius 3 is 1.61 bits per heavy atom. The number of benzene rings is 1. The van der Waals surface area contributed by atoms with Crippen molar-refractivity contribution in [1.29, 1.82) is 0 Å². The van der Waals surface area contributed by atoms with Gasteiger partial charge in [-0.3, -0.25) is 28.8 Å². The zero-order valence-corrected chi connectivity index (χ0v) is 46.9. The van der Waals surface area contributed by atoms with Gasteiger partial charge in [-0.15, -0.1) is 12.8 Å². The number of aliphatic hydroxyl groups is 1. The fourth-order valence-electron chi connectivity index (χ4n) is 8.41. The van der Waals surface area contributed by atoms with E-state index < -0.39 is 76.5 Å². The minimum atomic E-state index is -1.22. The van der Waals surface area contributed by atoms with E-state index in [9.17, 15) is 43.2 Å². The minimum Gasteiger partial charge on any atom is -0.460 e. The normalized spacial score (nSPS) is 20.3. The third kappa shape index (κ3) is 17.8. The van der Waals surface area contributed by atoms with Crippen molar-refractivity contribution in [2.24, 2.45) is 0 Å². The van der Waals surface area contributed by atoms with Crippen molar-refractivity contribution < 1.29 is 75.9 Å². The van der Waals surface area contributed by atoms with Crippen LogP contribution in [0.5, 0.6) is 5.75 Å². The van der Waals surface area contributed by atoms with E-state index in [4.69, 9.17) is 62.2 Å². The lowest BCUT2D eigenvalue weighted by atomic mass is 9.94. The number of rotatable bonds is 19. The predicted molar refractivity (Wildman–Crippen MR) is 289 cm³/mol. The molecule has 0 amide bonds. The van der Waals surface area contributed by atoms with Crippen LogP contribution < -0.4 is 16.2 Å². The summed E-state index contributed by atoms with van der Waals surface area (Å²) in [7, 11) is 0. The number of fused-ring (bicyclic) bond motifs is 2. The highest BCUT2D eigenvalue weighted by Gasteiger charge is 2.51. The summed E-state index contributed by atoms with van der Waals surface area (Å²) in [6.45, 7) is 14.8. The number of non-ortho nitro benzene ring substituents is 1. The second kappa shape index (κ2) is 28.4. The molecule has 82 heavy (non-hydrogen) atoms. The van der Waals surface area contributed by atoms with Gasteiger partial charge < -0.3 is 54.5 Å². The Balaban J connectivity index is 0.000000235. The first kappa shape index (κ1) is 64.5. The van der Waals surface area contributed by atoms with Gasteiger partial charge in [0, 0.05) is 37.8 Å². The van der Waals surface area contributed by atoms with Crippen LogP contribution in [-0.4, -0.2) is 121 Å². The van der Waals surface area contributed by atoms with Crippen LogP contribution >= 0.6 is 0 Å². The summed E-state index contributed by atoms with van der Waals surface area (Å²) in [5, 5.41) is 20.7. The zero-order chi connectivity index (χ0) is 60.6. The van der Waals surface area contributed by atoms with Crippen LogP contribution in [0.3, 0.4) is 0 Å². The molecule has 2 aliphatic rings. The molecule has 1 aromatic carbocycles. The number of hydrogen-bond donors (Lipinski definition) is 3. The summed E-state index contributed by atoms with van der Waals surface area (Å²) in [4.78, 5) is 79.6. The first-order valence-corrected chi connectivity index (χ1v) is 26.3. The lowest BCUT2D eigenvalue weighted by Crippen LogP contribution is -2.40. The van der Waals surface area contributed by atoms with Crippen LogP contribution in [0.15, 0.2) is 36.9 Å². The van der Waals surface area contributed by atoms with Gasteiger partial charge in [0.25, 0.3) is 5.69 Å². The SMILES string of the molecule is C#C[C@]1(CC)O[C@@H](n2cnc3c(N)nc(F)nc32)C[C@@H]1O.C#C[C@]1(CC)O[C@@H](n2cnc3c(N)nc(F)nc32)C[C@@H]1OC(=O)OCCCCCC(=O)OC(C)(C)C.CC(C)(C)OC(=O)CCCCCOC(=O)Oc1ccc([N+](=O)[O-])cc1. The van der Waals surface area contributed by atoms with Gasteiger partial charge in [-0.25, -0.2) is 19.6 Å². The van der Waals surface area contributed by atoms with Crippen molar-refractivity contribution in [2.45, 2.75) is 180 Å². The predicted octanol–water partition coefficient (Wildman–Crippen LogP) is 8.29. The molecular weight excluding hydrogens is 1080 g/mol. The highest BCUT2D eigenvalue weighted by Crippen LogP contribution is 2.42. The molecular formula is C54H69F2N11O15. The van der Waals surface area contributed by atoms with Crippen molar-refractivity contribution in [3.05, 3.63) is 59.2 Å². The first-order valence-electron chi connectivity index (χ1n) is 26.3. The number of ether oxygens (including phenoxy) is 8. The van der Waals surface area contributed by atoms with Gasteiger partial charge in [0.1, 0.15) is 35.5 Å². The van der Waals surface area contributed by atoms with Gasteiger partial charge in [0.05, 0.1) is 36.9 Å². The summed E-state index contributed by atoms with van der Waals surface area (Å²) < 4.78 is 72.9. The summed E-state index contributed by atoms with van der Waals surface area (Å²) in [5.41, 5.74) is 8.84. The number of nitrogens with zero attached hydrogens (tertiary/aromatic N) is 9. The summed E-state index contributed by atoms with van der Waals surface area (Å²) in [6, 6.07) is 5.11. The van der Waals surface area contributed by atoms with Gasteiger partial charge in [-0.05, 0) is 105 Å². The Labute approximate surface area is 471 Å². The van der Waals surface area contributed by atoms with Gasteiger partial charge in [0.2, 0.25) is 0 Å². The number of esters is 2. The van der Waals surface area contributed by atoms with Gasteiger partial charge in [-0.1, -0.05) is 25.7 Å². The lowest BCUT2D eigenvalue weighted by Gasteiger charge is -2.27. The number of aromatic nitrogens is 8. The molecule has 6 heterocycles. The molecule has 2 saturated heterocycles. The number of carbonyl (C=O) groups is 4. The maximum absolute atomic E-state index is 13.8. The maximum Gasteiger partial charge on any atom is 0.513 e. The molecule has 2 fully saturated rings. The monoisotopic (exact) mass is 1150 g/mol. The van der Waals surface area contributed by atoms with Crippen LogP contribution in [0.4, 0.5) is 35.7 Å². The number of carbonyl (C=O) groups excluding carboxylic acids is 4. The molecule has 2 aliphatic heterocycles. The molecule has 0 aliphatic carbocycles. The van der Waals surface area contributed by atoms with Crippen LogP contribution in [0.1, 0.15) is 145 Å². The molecule has 5 N–H and O–H groups in total. The largest absolute Gasteiger partial charge is 0.513 e. The summed E-state index contributed by atoms with van der Waals surface area (Å²) >= 11 is 0. The fourth-order valence-corrected chi connectivity index (χ4v) is 8.41. The van der Waals surface area contributed by atoms with Crippen molar-refractivity contribution in [2.75, 3.05) is 24.7 Å². The Morgan fingerprint density at radius 1 is 0.732 bits per heavy atom. The van der Waals surface area contributed by atoms with E-state index in [0.717, 1.165) is 0 Å².